The molecular weight excluding hydrogens is 323 g/mol. The van der Waals surface area contributed by atoms with E-state index in [0.29, 0.717) is 0 Å². The molecule has 0 fully saturated rings. The monoisotopic (exact) mass is 338 g/mol. The largest absolute Gasteiger partial charge is 1.00 e. The van der Waals surface area contributed by atoms with Crippen LogP contribution in [-0.4, -0.2) is 69.3 Å². The quantitative estimate of drug-likeness (QED) is 0.0929. The summed E-state index contributed by atoms with van der Waals surface area (Å²) in [6.07, 6.45) is -5.50. The van der Waals surface area contributed by atoms with Gasteiger partial charge >= 0.3 is 35.5 Å². The minimum Gasteiger partial charge on any atom is -0.862 e. The van der Waals surface area contributed by atoms with Crippen molar-refractivity contribution in [3.8, 4) is 0 Å². The van der Waals surface area contributed by atoms with E-state index in [9.17, 15) is 25.2 Å². The van der Waals surface area contributed by atoms with Gasteiger partial charge in [-0.2, -0.15) is 0 Å². The third-order valence-corrected chi connectivity index (χ3v) is 2.88. The first-order valence-electron chi connectivity index (χ1n) is 6.16. The molecule has 0 aromatic carbocycles. The summed E-state index contributed by atoms with van der Waals surface area (Å²) in [7, 11) is 0. The molecule has 12 heteroatoms. The summed E-state index contributed by atoms with van der Waals surface area (Å²) in [4.78, 5) is 16.9. The Balaban J connectivity index is 0.00000484. The minimum atomic E-state index is -1.74. The van der Waals surface area contributed by atoms with Crippen molar-refractivity contribution in [3.63, 3.8) is 0 Å². The fourth-order valence-electron chi connectivity index (χ4n) is 1.90. The molecule has 23 heavy (non-hydrogen) atoms. The molecular formula is C11H15N4NaO7. The third-order valence-electron chi connectivity index (χ3n) is 2.88. The van der Waals surface area contributed by atoms with E-state index in [1.54, 1.807) is 0 Å². The SMILES string of the molecule is CC([O-])=N[C@H]1[C@H]([C@H](O)[C@H](O)CN=[N+]=[N-])OC(C(=O)O)=C[C@@H]1O.[Na+]. The fraction of sp³-hybridized carbons (Fsp3) is 0.636. The summed E-state index contributed by atoms with van der Waals surface area (Å²) in [6, 6.07) is -1.31. The molecule has 1 heterocycles. The van der Waals surface area contributed by atoms with Crippen molar-refractivity contribution in [2.45, 2.75) is 37.4 Å². The van der Waals surface area contributed by atoms with Crippen LogP contribution in [0.3, 0.4) is 0 Å². The van der Waals surface area contributed by atoms with E-state index in [4.69, 9.17) is 15.4 Å². The van der Waals surface area contributed by atoms with E-state index in [1.165, 1.54) is 0 Å². The Morgan fingerprint density at radius 3 is 2.65 bits per heavy atom. The smallest absolute Gasteiger partial charge is 0.862 e. The third kappa shape index (κ3) is 5.99. The molecule has 1 rings (SSSR count). The van der Waals surface area contributed by atoms with Crippen molar-refractivity contribution in [2.75, 3.05) is 6.54 Å². The maximum atomic E-state index is 11.1. The van der Waals surface area contributed by atoms with Gasteiger partial charge in [0.1, 0.15) is 18.2 Å². The van der Waals surface area contributed by atoms with Gasteiger partial charge in [-0.15, -0.1) is 0 Å². The number of carboxylic acid groups (broad SMARTS) is 1. The molecule has 0 saturated heterocycles. The summed E-state index contributed by atoms with van der Waals surface area (Å²) in [5.74, 6) is -2.83. The number of aliphatic carboxylic acids is 1. The summed E-state index contributed by atoms with van der Waals surface area (Å²) >= 11 is 0. The van der Waals surface area contributed by atoms with Crippen molar-refractivity contribution in [3.05, 3.63) is 22.3 Å². The average Bonchev–Trinajstić information content (AvgIpc) is 2.45. The molecule has 0 amide bonds. The maximum Gasteiger partial charge on any atom is 1.00 e. The van der Waals surface area contributed by atoms with Gasteiger partial charge in [0.15, 0.2) is 6.10 Å². The molecule has 4 N–H and O–H groups in total. The van der Waals surface area contributed by atoms with Gasteiger partial charge in [0.2, 0.25) is 5.76 Å². The van der Waals surface area contributed by atoms with Gasteiger partial charge in [0, 0.05) is 4.91 Å². The van der Waals surface area contributed by atoms with Gasteiger partial charge in [-0.3, -0.25) is 4.99 Å². The number of hydrogen-bond donors (Lipinski definition) is 4. The van der Waals surface area contributed by atoms with Gasteiger partial charge in [-0.25, -0.2) is 4.79 Å². The van der Waals surface area contributed by atoms with Gasteiger partial charge in [0.25, 0.3) is 0 Å². The van der Waals surface area contributed by atoms with Crippen LogP contribution < -0.4 is 34.7 Å². The zero-order valence-electron chi connectivity index (χ0n) is 12.5. The molecule has 1 aliphatic heterocycles. The first kappa shape index (κ1) is 21.7. The molecule has 0 bridgehead atoms. The zero-order chi connectivity index (χ0) is 16.9. The van der Waals surface area contributed by atoms with E-state index in [-0.39, 0.29) is 29.6 Å². The molecule has 11 nitrogen and oxygen atoms in total. The van der Waals surface area contributed by atoms with Crippen LogP contribution in [0.1, 0.15) is 6.92 Å². The second kappa shape index (κ2) is 9.73. The van der Waals surface area contributed by atoms with Gasteiger partial charge in [0.05, 0.1) is 12.6 Å². The molecule has 0 aliphatic carbocycles. The van der Waals surface area contributed by atoms with Crippen LogP contribution in [0.25, 0.3) is 10.4 Å². The van der Waals surface area contributed by atoms with E-state index in [0.717, 1.165) is 13.0 Å². The molecule has 0 aromatic rings. The number of carboxylic acids is 1. The van der Waals surface area contributed by atoms with E-state index in [2.05, 4.69) is 15.0 Å². The van der Waals surface area contributed by atoms with Crippen LogP contribution in [0, 0.1) is 0 Å². The Morgan fingerprint density at radius 2 is 2.17 bits per heavy atom. The van der Waals surface area contributed by atoms with Crippen LogP contribution in [-0.2, 0) is 9.53 Å². The Hall–Kier alpha value is -1.33. The normalized spacial score (nSPS) is 26.7. The maximum absolute atomic E-state index is 11.1. The van der Waals surface area contributed by atoms with Gasteiger partial charge in [-0.05, 0) is 24.4 Å². The predicted octanol–water partition coefficient (Wildman–Crippen LogP) is -5.10. The van der Waals surface area contributed by atoms with Crippen LogP contribution >= 0.6 is 0 Å². The number of aliphatic hydroxyl groups excluding tert-OH is 3. The second-order valence-corrected chi connectivity index (χ2v) is 4.52. The van der Waals surface area contributed by atoms with Gasteiger partial charge < -0.3 is 30.3 Å². The van der Waals surface area contributed by atoms with Gasteiger partial charge in [-0.1, -0.05) is 5.11 Å². The van der Waals surface area contributed by atoms with Crippen molar-refractivity contribution in [1.82, 2.24) is 0 Å². The zero-order valence-corrected chi connectivity index (χ0v) is 14.5. The van der Waals surface area contributed by atoms with Crippen molar-refractivity contribution in [1.29, 1.82) is 0 Å². The van der Waals surface area contributed by atoms with E-state index in [1.807, 2.05) is 0 Å². The fourth-order valence-corrected chi connectivity index (χ4v) is 1.90. The molecule has 0 radical (unpaired) electrons. The summed E-state index contributed by atoms with van der Waals surface area (Å²) in [5.41, 5.74) is 8.18. The number of aliphatic hydroxyl groups is 3. The van der Waals surface area contributed by atoms with Crippen LogP contribution in [0.2, 0.25) is 0 Å². The average molecular weight is 338 g/mol. The summed E-state index contributed by atoms with van der Waals surface area (Å²) < 4.78 is 5.01. The Labute approximate surface area is 152 Å². The number of ether oxygens (including phenoxy) is 1. The number of nitrogens with zero attached hydrogens (tertiary/aromatic N) is 4. The Morgan fingerprint density at radius 1 is 1.57 bits per heavy atom. The molecule has 122 valence electrons. The number of azide groups is 1. The topological polar surface area (TPSA) is 191 Å². The molecule has 0 saturated carbocycles. The van der Waals surface area contributed by atoms with Crippen LogP contribution in [0.4, 0.5) is 0 Å². The van der Waals surface area contributed by atoms with Crippen molar-refractivity contribution >= 4 is 11.9 Å². The number of rotatable bonds is 6. The molecule has 0 aromatic heterocycles. The van der Waals surface area contributed by atoms with Crippen LogP contribution in [0.5, 0.6) is 0 Å². The van der Waals surface area contributed by atoms with Crippen molar-refractivity contribution in [2.24, 2.45) is 10.1 Å². The van der Waals surface area contributed by atoms with Crippen LogP contribution in [0.15, 0.2) is 21.9 Å². The number of hydrogen-bond acceptors (Lipinski definition) is 8. The Bertz CT molecular complexity index is 530. The molecule has 0 unspecified atom stereocenters. The first-order valence-corrected chi connectivity index (χ1v) is 6.16. The summed E-state index contributed by atoms with van der Waals surface area (Å²) in [5, 5.41) is 52.6. The predicted molar refractivity (Wildman–Crippen MR) is 69.5 cm³/mol. The van der Waals surface area contributed by atoms with E-state index >= 15 is 0 Å². The number of carbonyl (C=O) groups is 1. The summed E-state index contributed by atoms with van der Waals surface area (Å²) in [6.45, 7) is 0.593. The molecule has 1 aliphatic rings. The second-order valence-electron chi connectivity index (χ2n) is 4.52. The Kier molecular flexibility index (Phi) is 9.17. The number of aliphatic imine (C=N–C) groups is 1. The minimum absolute atomic E-state index is 0. The molecule has 0 spiro atoms. The standard InChI is InChI=1S/C11H16N4O7.Na/c1-4(16)14-8-5(17)2-7(11(20)21)22-10(8)9(19)6(18)3-13-15-12;/h2,5-6,8-10,17-19H,3H2,1H3,(H,14,16)(H,20,21);/q;+1/p-1/t5-,6+,8+,9+,10+;/m0./s1. The molecule has 5 atom stereocenters. The first-order chi connectivity index (χ1) is 10.3. The van der Waals surface area contributed by atoms with Crippen molar-refractivity contribution < 1.29 is 64.6 Å². The van der Waals surface area contributed by atoms with E-state index < -0.39 is 54.6 Å².